The zero-order chi connectivity index (χ0) is 30.9. The van der Waals surface area contributed by atoms with Crippen molar-refractivity contribution in [3.8, 4) is 0 Å². The summed E-state index contributed by atoms with van der Waals surface area (Å²) >= 11 is 0. The number of halogens is 1. The van der Waals surface area contributed by atoms with Crippen LogP contribution in [0, 0.1) is 11.7 Å². The minimum Gasteiger partial charge on any atom is -0.344 e. The highest BCUT2D eigenvalue weighted by Gasteiger charge is 2.33. The summed E-state index contributed by atoms with van der Waals surface area (Å²) in [5.74, 6) is -1.93. The Balaban J connectivity index is 1.47. The molecule has 43 heavy (non-hydrogen) atoms. The molecule has 10 nitrogen and oxygen atoms in total. The van der Waals surface area contributed by atoms with E-state index in [4.69, 9.17) is 0 Å². The van der Waals surface area contributed by atoms with E-state index in [0.717, 1.165) is 45.2 Å². The van der Waals surface area contributed by atoms with E-state index in [2.05, 4.69) is 20.9 Å². The molecule has 1 aromatic carbocycles. The van der Waals surface area contributed by atoms with Crippen LogP contribution in [-0.4, -0.2) is 83.3 Å². The molecule has 2 aromatic rings. The second kappa shape index (κ2) is 15.1. The van der Waals surface area contributed by atoms with Crippen molar-refractivity contribution in [1.29, 1.82) is 0 Å². The number of anilines is 1. The van der Waals surface area contributed by atoms with Gasteiger partial charge in [0.05, 0.1) is 5.69 Å². The first-order valence-corrected chi connectivity index (χ1v) is 15.5. The Morgan fingerprint density at radius 1 is 0.977 bits per heavy atom. The number of carbonyl (C=O) groups is 4. The fourth-order valence-corrected chi connectivity index (χ4v) is 5.95. The maximum atomic E-state index is 15.4. The molecule has 1 saturated heterocycles. The highest BCUT2D eigenvalue weighted by atomic mass is 19.1. The summed E-state index contributed by atoms with van der Waals surface area (Å²) in [6.45, 7) is 6.91. The highest BCUT2D eigenvalue weighted by molar-refractivity contribution is 6.01. The monoisotopic (exact) mass is 596 g/mol. The number of amides is 4. The van der Waals surface area contributed by atoms with Gasteiger partial charge in [0.25, 0.3) is 5.91 Å². The number of hydrogen-bond donors (Lipinski definition) is 3. The molecule has 2 atom stereocenters. The van der Waals surface area contributed by atoms with Gasteiger partial charge in [-0.15, -0.1) is 0 Å². The van der Waals surface area contributed by atoms with Gasteiger partial charge < -0.3 is 30.3 Å². The van der Waals surface area contributed by atoms with Crippen molar-refractivity contribution in [1.82, 2.24) is 25.0 Å². The number of rotatable bonds is 11. The largest absolute Gasteiger partial charge is 0.344 e. The summed E-state index contributed by atoms with van der Waals surface area (Å²) in [5.41, 5.74) is 1.000. The molecule has 0 radical (unpaired) electrons. The molecule has 2 fully saturated rings. The summed E-state index contributed by atoms with van der Waals surface area (Å²) in [6, 6.07) is 6.32. The Hall–Kier alpha value is -3.73. The summed E-state index contributed by atoms with van der Waals surface area (Å²) < 4.78 is 17.2. The Morgan fingerprint density at radius 2 is 1.70 bits per heavy atom. The van der Waals surface area contributed by atoms with Crippen molar-refractivity contribution >= 4 is 29.3 Å². The molecular formula is C32H45FN6O4. The Labute approximate surface area is 253 Å². The molecule has 1 aliphatic carbocycles. The number of carbonyl (C=O) groups excluding carboxylic acids is 4. The number of benzene rings is 1. The van der Waals surface area contributed by atoms with Crippen molar-refractivity contribution in [3.05, 3.63) is 53.6 Å². The molecule has 1 aromatic heterocycles. The highest BCUT2D eigenvalue weighted by Crippen LogP contribution is 2.28. The minimum atomic E-state index is -0.816. The van der Waals surface area contributed by atoms with Crippen LogP contribution in [0.5, 0.6) is 0 Å². The number of nitrogens with zero attached hydrogens (tertiary/aromatic N) is 3. The van der Waals surface area contributed by atoms with E-state index in [9.17, 15) is 19.2 Å². The molecule has 2 heterocycles. The lowest BCUT2D eigenvalue weighted by atomic mass is 9.83. The molecule has 4 rings (SSSR count). The van der Waals surface area contributed by atoms with Gasteiger partial charge in [0.15, 0.2) is 0 Å². The van der Waals surface area contributed by atoms with Gasteiger partial charge in [-0.05, 0) is 62.6 Å². The van der Waals surface area contributed by atoms with Crippen LogP contribution in [0.25, 0.3) is 0 Å². The first kappa shape index (κ1) is 32.2. The topological polar surface area (TPSA) is 116 Å². The first-order valence-electron chi connectivity index (χ1n) is 15.5. The van der Waals surface area contributed by atoms with Gasteiger partial charge in [-0.2, -0.15) is 0 Å². The maximum Gasteiger partial charge on any atom is 0.268 e. The van der Waals surface area contributed by atoms with Gasteiger partial charge in [-0.3, -0.25) is 19.2 Å². The molecular weight excluding hydrogens is 551 g/mol. The molecule has 2 aliphatic rings. The molecule has 1 saturated carbocycles. The SMILES string of the molecule is CCC(=O)N[C@H](Cc1ccc(NC(=O)[C@@H](NC(=O)c2cccn2CC)C2CCCCC2)c(F)c1)C(=O)N1CCN(C)CC1. The molecule has 0 bridgehead atoms. The minimum absolute atomic E-state index is 0.000259. The number of aryl methyl sites for hydroxylation is 1. The van der Waals surface area contributed by atoms with Gasteiger partial charge in [0.2, 0.25) is 17.7 Å². The van der Waals surface area contributed by atoms with E-state index in [-0.39, 0.29) is 42.2 Å². The fraction of sp³-hybridized carbons (Fsp3) is 0.562. The number of piperazine rings is 1. The zero-order valence-electron chi connectivity index (χ0n) is 25.5. The van der Waals surface area contributed by atoms with E-state index in [1.807, 2.05) is 24.7 Å². The van der Waals surface area contributed by atoms with E-state index in [0.29, 0.717) is 30.9 Å². The van der Waals surface area contributed by atoms with Crippen LogP contribution in [0.15, 0.2) is 36.5 Å². The van der Waals surface area contributed by atoms with Gasteiger partial charge in [0, 0.05) is 51.8 Å². The van der Waals surface area contributed by atoms with Crippen LogP contribution in [-0.2, 0) is 27.3 Å². The average Bonchev–Trinajstić information content (AvgIpc) is 3.50. The summed E-state index contributed by atoms with van der Waals surface area (Å²) in [5, 5.41) is 8.43. The molecule has 234 valence electrons. The number of aromatic nitrogens is 1. The maximum absolute atomic E-state index is 15.4. The van der Waals surface area contributed by atoms with Gasteiger partial charge in [-0.1, -0.05) is 32.3 Å². The Morgan fingerprint density at radius 3 is 2.35 bits per heavy atom. The van der Waals surface area contributed by atoms with Crippen LogP contribution < -0.4 is 16.0 Å². The third-order valence-corrected chi connectivity index (χ3v) is 8.59. The van der Waals surface area contributed by atoms with E-state index >= 15 is 4.39 Å². The zero-order valence-corrected chi connectivity index (χ0v) is 25.5. The normalized spacial score (nSPS) is 17.6. The van der Waals surface area contributed by atoms with Crippen molar-refractivity contribution in [3.63, 3.8) is 0 Å². The molecule has 3 N–H and O–H groups in total. The van der Waals surface area contributed by atoms with E-state index in [1.54, 1.807) is 30.0 Å². The second-order valence-electron chi connectivity index (χ2n) is 11.6. The van der Waals surface area contributed by atoms with Gasteiger partial charge in [0.1, 0.15) is 23.6 Å². The van der Waals surface area contributed by atoms with Crippen LogP contribution in [0.3, 0.4) is 0 Å². The molecule has 1 aliphatic heterocycles. The number of hydrogen-bond acceptors (Lipinski definition) is 5. The summed E-state index contributed by atoms with van der Waals surface area (Å²) in [6.07, 6.45) is 6.82. The Kier molecular flexibility index (Phi) is 11.3. The average molecular weight is 597 g/mol. The third kappa shape index (κ3) is 8.43. The van der Waals surface area contributed by atoms with Crippen molar-refractivity contribution < 1.29 is 23.6 Å². The van der Waals surface area contributed by atoms with Crippen molar-refractivity contribution in [2.45, 2.75) is 77.4 Å². The van der Waals surface area contributed by atoms with E-state index < -0.39 is 23.8 Å². The summed E-state index contributed by atoms with van der Waals surface area (Å²) in [4.78, 5) is 56.1. The summed E-state index contributed by atoms with van der Waals surface area (Å²) in [7, 11) is 2.00. The van der Waals surface area contributed by atoms with Crippen LogP contribution in [0.4, 0.5) is 10.1 Å². The standard InChI is InChI=1S/C32H45FN6O4/c1-4-28(40)34-26(32(43)39-18-16-37(3)17-19-39)21-22-13-14-25(24(33)20-22)35-31(42)29(23-10-7-6-8-11-23)36-30(41)27-12-9-15-38(27)5-2/h9,12-15,20,23,26,29H,4-8,10-11,16-19,21H2,1-3H3,(H,34,40)(H,35,42)(H,36,41)/t26-,29+/m1/s1. The van der Waals surface area contributed by atoms with Crippen LogP contribution in [0.1, 0.15) is 68.4 Å². The van der Waals surface area contributed by atoms with E-state index in [1.165, 1.54) is 12.1 Å². The molecule has 0 unspecified atom stereocenters. The van der Waals surface area contributed by atoms with Crippen LogP contribution in [0.2, 0.25) is 0 Å². The lowest BCUT2D eigenvalue weighted by molar-refractivity contribution is -0.137. The lowest BCUT2D eigenvalue weighted by Gasteiger charge is -2.34. The van der Waals surface area contributed by atoms with Crippen molar-refractivity contribution in [2.75, 3.05) is 38.5 Å². The molecule has 0 spiro atoms. The smallest absolute Gasteiger partial charge is 0.268 e. The first-order chi connectivity index (χ1) is 20.7. The third-order valence-electron chi connectivity index (χ3n) is 8.59. The number of nitrogens with one attached hydrogen (secondary N) is 3. The lowest BCUT2D eigenvalue weighted by Crippen LogP contribution is -2.54. The van der Waals surface area contributed by atoms with Crippen molar-refractivity contribution in [2.24, 2.45) is 5.92 Å². The van der Waals surface area contributed by atoms with Crippen LogP contribution >= 0.6 is 0 Å². The predicted molar refractivity (Wildman–Crippen MR) is 163 cm³/mol. The quantitative estimate of drug-likeness (QED) is 0.369. The van der Waals surface area contributed by atoms with Gasteiger partial charge >= 0.3 is 0 Å². The predicted octanol–water partition coefficient (Wildman–Crippen LogP) is 3.18. The second-order valence-corrected chi connectivity index (χ2v) is 11.6. The van der Waals surface area contributed by atoms with Gasteiger partial charge in [-0.25, -0.2) is 4.39 Å². The molecule has 11 heteroatoms. The molecule has 4 amide bonds. The number of likely N-dealkylation sites (N-methyl/N-ethyl adjacent to an activating group) is 1. The fourth-order valence-electron chi connectivity index (χ4n) is 5.95. The Bertz CT molecular complexity index is 1280.